The summed E-state index contributed by atoms with van der Waals surface area (Å²) < 4.78 is 11.8. The molecule has 39 heavy (non-hydrogen) atoms. The van der Waals surface area contributed by atoms with Crippen molar-refractivity contribution in [2.75, 3.05) is 26.2 Å². The number of likely N-dealkylation sites (N-methyl/N-ethyl adjacent to an activating group) is 1. The van der Waals surface area contributed by atoms with E-state index in [1.54, 1.807) is 6.08 Å². The highest BCUT2D eigenvalue weighted by Crippen LogP contribution is 2.29. The lowest BCUT2D eigenvalue weighted by Crippen LogP contribution is -2.42. The third kappa shape index (κ3) is 12.2. The Balaban J connectivity index is 0.000000495. The fourth-order valence-electron chi connectivity index (χ4n) is 3.21. The van der Waals surface area contributed by atoms with Crippen LogP contribution in [0.2, 0.25) is 0 Å². The van der Waals surface area contributed by atoms with Crippen molar-refractivity contribution in [2.45, 2.75) is 39.2 Å². The van der Waals surface area contributed by atoms with E-state index in [2.05, 4.69) is 18.7 Å². The third-order valence-corrected chi connectivity index (χ3v) is 5.36. The molecule has 0 unspecified atom stereocenters. The summed E-state index contributed by atoms with van der Waals surface area (Å²) in [5.74, 6) is -3.68. The van der Waals surface area contributed by atoms with E-state index < -0.39 is 36.4 Å². The van der Waals surface area contributed by atoms with Gasteiger partial charge in [0.2, 0.25) is 0 Å². The Morgan fingerprint density at radius 3 is 1.82 bits per heavy atom. The van der Waals surface area contributed by atoms with Gasteiger partial charge < -0.3 is 34.8 Å². The Morgan fingerprint density at radius 1 is 0.846 bits per heavy atom. The maximum atomic E-state index is 12.0. The van der Waals surface area contributed by atoms with E-state index in [-0.39, 0.29) is 11.5 Å². The minimum absolute atomic E-state index is 0.133. The van der Waals surface area contributed by atoms with E-state index in [4.69, 9.17) is 29.9 Å². The van der Waals surface area contributed by atoms with Crippen LogP contribution in [0, 0.1) is 0 Å². The molecule has 0 spiro atoms. The van der Waals surface area contributed by atoms with Crippen LogP contribution in [-0.4, -0.2) is 80.9 Å². The molecule has 0 atom stereocenters. The number of hydrogen-bond acceptors (Lipinski definition) is 8. The minimum atomic E-state index is -2.74. The van der Waals surface area contributed by atoms with Gasteiger partial charge in [-0.25, -0.2) is 4.79 Å². The Bertz CT molecular complexity index is 1110. The molecule has 0 heterocycles. The summed E-state index contributed by atoms with van der Waals surface area (Å²) >= 11 is 0. The highest BCUT2D eigenvalue weighted by molar-refractivity contribution is 5.96. The Morgan fingerprint density at radius 2 is 1.36 bits per heavy atom. The Kier molecular flexibility index (Phi) is 14.0. The van der Waals surface area contributed by atoms with E-state index in [1.807, 2.05) is 54.6 Å². The van der Waals surface area contributed by atoms with Crippen LogP contribution in [0.15, 0.2) is 60.4 Å². The normalized spacial score (nSPS) is 11.3. The summed E-state index contributed by atoms with van der Waals surface area (Å²) in [6.45, 7) is 9.17. The number of carbonyl (C=O) groups is 4. The zero-order valence-corrected chi connectivity index (χ0v) is 22.2. The SMILES string of the molecule is CCN(CC)CCOc1ccccc1O/C(=C/c1ccccc1)C(C)=O.O=C(O)CC(O)(CC(=O)O)C(=O)O. The van der Waals surface area contributed by atoms with Gasteiger partial charge in [0, 0.05) is 13.5 Å². The molecule has 2 rings (SSSR count). The van der Waals surface area contributed by atoms with E-state index in [9.17, 15) is 19.2 Å². The standard InChI is InChI=1S/C22H27NO3.C6H8O7/c1-4-23(5-2)15-16-25-20-13-9-10-14-21(20)26-22(18(3)24)17-19-11-7-6-8-12-19;7-3(8)1-6(13,5(11)12)2-4(9)10/h6-14,17H,4-5,15-16H2,1-3H3;13H,1-2H2,(H,7,8)(H,9,10)(H,11,12)/b22-17+;. The van der Waals surface area contributed by atoms with E-state index in [1.165, 1.54) is 6.92 Å². The maximum Gasteiger partial charge on any atom is 0.336 e. The van der Waals surface area contributed by atoms with Crippen LogP contribution >= 0.6 is 0 Å². The van der Waals surface area contributed by atoms with Crippen LogP contribution in [0.5, 0.6) is 11.5 Å². The molecule has 0 aromatic heterocycles. The molecule has 0 radical (unpaired) electrons. The number of benzene rings is 2. The number of Topliss-reactive ketones (excluding diaryl/α,β-unsaturated/α-hetero) is 1. The lowest BCUT2D eigenvalue weighted by Gasteiger charge is -2.19. The minimum Gasteiger partial charge on any atom is -0.488 e. The first-order valence-corrected chi connectivity index (χ1v) is 12.2. The maximum absolute atomic E-state index is 12.0. The highest BCUT2D eigenvalue weighted by Gasteiger charge is 2.40. The number of carboxylic acids is 3. The van der Waals surface area contributed by atoms with Crippen molar-refractivity contribution in [2.24, 2.45) is 0 Å². The molecule has 4 N–H and O–H groups in total. The summed E-state index contributed by atoms with van der Waals surface area (Å²) in [6.07, 6.45) is -0.543. The van der Waals surface area contributed by atoms with Crippen LogP contribution in [-0.2, 0) is 19.2 Å². The summed E-state index contributed by atoms with van der Waals surface area (Å²) in [4.78, 5) is 44.8. The second kappa shape index (κ2) is 16.6. The van der Waals surface area contributed by atoms with Crippen molar-refractivity contribution in [3.8, 4) is 11.5 Å². The van der Waals surface area contributed by atoms with Crippen LogP contribution in [0.25, 0.3) is 6.08 Å². The molecule has 11 heteroatoms. The fraction of sp³-hybridized carbons (Fsp3) is 0.357. The molecule has 0 saturated heterocycles. The number of ketones is 1. The first-order chi connectivity index (χ1) is 18.4. The van der Waals surface area contributed by atoms with Gasteiger partial charge in [0.05, 0.1) is 12.8 Å². The summed E-state index contributed by atoms with van der Waals surface area (Å²) in [6, 6.07) is 17.1. The quantitative estimate of drug-likeness (QED) is 0.191. The molecule has 2 aromatic rings. The lowest BCUT2D eigenvalue weighted by atomic mass is 9.96. The van der Waals surface area contributed by atoms with Crippen molar-refractivity contribution in [1.29, 1.82) is 0 Å². The number of para-hydroxylation sites is 2. The first-order valence-electron chi connectivity index (χ1n) is 12.2. The van der Waals surface area contributed by atoms with Crippen molar-refractivity contribution in [3.63, 3.8) is 0 Å². The van der Waals surface area contributed by atoms with Crippen molar-refractivity contribution >= 4 is 29.8 Å². The molecule has 0 bridgehead atoms. The van der Waals surface area contributed by atoms with Crippen LogP contribution < -0.4 is 9.47 Å². The Labute approximate surface area is 226 Å². The summed E-state index contributed by atoms with van der Waals surface area (Å²) in [7, 11) is 0. The molecule has 0 aliphatic heterocycles. The molecular formula is C28H35NO10. The van der Waals surface area contributed by atoms with Gasteiger partial charge >= 0.3 is 17.9 Å². The van der Waals surface area contributed by atoms with Crippen molar-refractivity contribution in [3.05, 3.63) is 65.9 Å². The van der Waals surface area contributed by atoms with Crippen molar-refractivity contribution < 1.29 is 49.1 Å². The number of ether oxygens (including phenoxy) is 2. The number of carbonyl (C=O) groups excluding carboxylic acids is 1. The number of aliphatic carboxylic acids is 3. The van der Waals surface area contributed by atoms with Crippen LogP contribution in [0.3, 0.4) is 0 Å². The van der Waals surface area contributed by atoms with Crippen LogP contribution in [0.4, 0.5) is 0 Å². The second-order valence-corrected chi connectivity index (χ2v) is 8.38. The fourth-order valence-corrected chi connectivity index (χ4v) is 3.21. The van der Waals surface area contributed by atoms with Crippen LogP contribution in [0.1, 0.15) is 39.2 Å². The van der Waals surface area contributed by atoms with Crippen molar-refractivity contribution in [1.82, 2.24) is 4.90 Å². The average Bonchev–Trinajstić information content (AvgIpc) is 2.87. The average molecular weight is 546 g/mol. The number of carboxylic acid groups (broad SMARTS) is 3. The predicted octanol–water partition coefficient (Wildman–Crippen LogP) is 3.17. The number of nitrogens with zero attached hydrogens (tertiary/aromatic N) is 1. The van der Waals surface area contributed by atoms with Gasteiger partial charge in [-0.15, -0.1) is 0 Å². The lowest BCUT2D eigenvalue weighted by molar-refractivity contribution is -0.170. The van der Waals surface area contributed by atoms with Gasteiger partial charge in [-0.3, -0.25) is 14.4 Å². The van der Waals surface area contributed by atoms with E-state index in [0.717, 1.165) is 25.2 Å². The largest absolute Gasteiger partial charge is 0.488 e. The predicted molar refractivity (Wildman–Crippen MR) is 143 cm³/mol. The number of allylic oxidation sites excluding steroid dienone is 1. The van der Waals surface area contributed by atoms with Gasteiger partial charge in [-0.05, 0) is 36.9 Å². The molecule has 0 aliphatic carbocycles. The van der Waals surface area contributed by atoms with Gasteiger partial charge in [-0.1, -0.05) is 56.3 Å². The number of aliphatic hydroxyl groups is 1. The monoisotopic (exact) mass is 545 g/mol. The molecule has 11 nitrogen and oxygen atoms in total. The first kappa shape index (κ1) is 32.8. The van der Waals surface area contributed by atoms with Gasteiger partial charge in [0.25, 0.3) is 0 Å². The highest BCUT2D eigenvalue weighted by atomic mass is 16.5. The third-order valence-electron chi connectivity index (χ3n) is 5.36. The molecule has 0 fully saturated rings. The molecular weight excluding hydrogens is 510 g/mol. The smallest absolute Gasteiger partial charge is 0.336 e. The topological polar surface area (TPSA) is 171 Å². The van der Waals surface area contributed by atoms with Gasteiger partial charge in [-0.2, -0.15) is 0 Å². The summed E-state index contributed by atoms with van der Waals surface area (Å²) in [5.41, 5.74) is -1.82. The van der Waals surface area contributed by atoms with Gasteiger partial charge in [0.1, 0.15) is 6.61 Å². The van der Waals surface area contributed by atoms with E-state index in [0.29, 0.717) is 18.1 Å². The van der Waals surface area contributed by atoms with Gasteiger partial charge in [0.15, 0.2) is 28.6 Å². The molecule has 0 saturated carbocycles. The second-order valence-electron chi connectivity index (χ2n) is 8.38. The van der Waals surface area contributed by atoms with E-state index >= 15 is 0 Å². The Hall–Kier alpha value is -4.22. The number of hydrogen-bond donors (Lipinski definition) is 4. The molecule has 0 amide bonds. The molecule has 212 valence electrons. The molecule has 0 aliphatic rings. The number of rotatable bonds is 15. The summed E-state index contributed by atoms with van der Waals surface area (Å²) in [5, 5.41) is 33.8. The molecule has 2 aromatic carbocycles. The zero-order chi connectivity index (χ0) is 29.4. The zero-order valence-electron chi connectivity index (χ0n) is 22.2.